The molecule has 0 saturated carbocycles. The van der Waals surface area contributed by atoms with Crippen LogP contribution in [0.1, 0.15) is 20.7 Å². The van der Waals surface area contributed by atoms with Gasteiger partial charge in [-0.15, -0.1) is 0 Å². The number of nitrogens with zero attached hydrogens (tertiary/aromatic N) is 4. The molecule has 160 valence electrons. The zero-order chi connectivity index (χ0) is 21.2. The fourth-order valence-electron chi connectivity index (χ4n) is 3.74. The Hall–Kier alpha value is -3.24. The molecule has 0 atom stereocenters. The molecular formula is C21H21N5O4S. The van der Waals surface area contributed by atoms with E-state index >= 15 is 0 Å². The van der Waals surface area contributed by atoms with Gasteiger partial charge in [0.25, 0.3) is 11.8 Å². The first-order chi connectivity index (χ1) is 15.2. The molecule has 0 radical (unpaired) electrons. The van der Waals surface area contributed by atoms with Gasteiger partial charge in [-0.1, -0.05) is 0 Å². The molecule has 9 nitrogen and oxygen atoms in total. The van der Waals surface area contributed by atoms with Crippen molar-refractivity contribution in [1.82, 2.24) is 23.9 Å². The molecule has 5 rings (SSSR count). The third-order valence-electron chi connectivity index (χ3n) is 5.51. The van der Waals surface area contributed by atoms with Gasteiger partial charge in [-0.3, -0.25) is 14.5 Å². The average Bonchev–Trinajstić information content (AvgIpc) is 3.47. The molecular weight excluding hydrogens is 418 g/mol. The number of fused-ring (bicyclic) bond motifs is 2. The number of piperazine rings is 1. The maximum atomic E-state index is 12.8. The van der Waals surface area contributed by atoms with Crippen molar-refractivity contribution < 1.29 is 19.1 Å². The second-order valence-corrected chi connectivity index (χ2v) is 7.95. The van der Waals surface area contributed by atoms with Crippen LogP contribution in [0.2, 0.25) is 0 Å². The molecule has 1 saturated heterocycles. The van der Waals surface area contributed by atoms with Crippen LogP contribution in [0.3, 0.4) is 0 Å². The molecule has 1 N–H and O–H groups in total. The number of rotatable bonds is 5. The molecule has 1 fully saturated rings. The fraction of sp³-hybridized carbons (Fsp3) is 0.333. The predicted octanol–water partition coefficient (Wildman–Crippen LogP) is 1.61. The topological polar surface area (TPSA) is 96.9 Å². The van der Waals surface area contributed by atoms with Gasteiger partial charge < -0.3 is 19.7 Å². The summed E-state index contributed by atoms with van der Waals surface area (Å²) in [6.07, 6.45) is 0. The van der Waals surface area contributed by atoms with Crippen molar-refractivity contribution in [3.8, 4) is 11.5 Å². The van der Waals surface area contributed by atoms with E-state index in [1.54, 1.807) is 24.3 Å². The smallest absolute Gasteiger partial charge is 0.254 e. The molecule has 0 bridgehead atoms. The minimum absolute atomic E-state index is 0.0191. The van der Waals surface area contributed by atoms with E-state index in [0.717, 1.165) is 42.4 Å². The fourth-order valence-corrected chi connectivity index (χ4v) is 4.26. The number of nitrogens with one attached hydrogen (secondary N) is 1. The second-order valence-electron chi connectivity index (χ2n) is 7.43. The Kier molecular flexibility index (Phi) is 5.39. The standard InChI is InChI=1S/C21H21N5O4S/c27-20(14-2-4-18-19(12-14)30-13-29-18)22-5-6-25-7-9-26(10-8-25)21(28)15-1-3-16-17(11-15)24-31-23-16/h1-4,11-12H,5-10,13H2,(H,22,27). The van der Waals surface area contributed by atoms with Gasteiger partial charge in [-0.05, 0) is 36.4 Å². The molecule has 2 amide bonds. The number of benzene rings is 2. The monoisotopic (exact) mass is 439 g/mol. The highest BCUT2D eigenvalue weighted by molar-refractivity contribution is 7.00. The molecule has 0 unspecified atom stereocenters. The van der Waals surface area contributed by atoms with Gasteiger partial charge in [0, 0.05) is 50.4 Å². The van der Waals surface area contributed by atoms with Gasteiger partial charge in [0.05, 0.1) is 11.7 Å². The normalized spacial score (nSPS) is 15.9. The molecule has 2 aromatic carbocycles. The van der Waals surface area contributed by atoms with E-state index in [9.17, 15) is 9.59 Å². The first-order valence-corrected chi connectivity index (χ1v) is 10.8. The van der Waals surface area contributed by atoms with Gasteiger partial charge in [0.1, 0.15) is 11.0 Å². The van der Waals surface area contributed by atoms with Crippen molar-refractivity contribution in [3.63, 3.8) is 0 Å². The number of amides is 2. The number of carbonyl (C=O) groups excluding carboxylic acids is 2. The van der Waals surface area contributed by atoms with Gasteiger partial charge >= 0.3 is 0 Å². The SMILES string of the molecule is O=C(NCCN1CCN(C(=O)c2ccc3nsnc3c2)CC1)c1ccc2c(c1)OCO2. The lowest BCUT2D eigenvalue weighted by atomic mass is 10.1. The maximum Gasteiger partial charge on any atom is 0.254 e. The molecule has 2 aliphatic rings. The molecule has 3 heterocycles. The van der Waals surface area contributed by atoms with E-state index in [-0.39, 0.29) is 18.6 Å². The van der Waals surface area contributed by atoms with Crippen LogP contribution in [-0.4, -0.2) is 76.4 Å². The summed E-state index contributed by atoms with van der Waals surface area (Å²) < 4.78 is 19.0. The summed E-state index contributed by atoms with van der Waals surface area (Å²) in [5, 5.41) is 2.94. The van der Waals surface area contributed by atoms with Crippen LogP contribution in [0.4, 0.5) is 0 Å². The second kappa shape index (κ2) is 8.48. The molecule has 0 spiro atoms. The molecule has 10 heteroatoms. The summed E-state index contributed by atoms with van der Waals surface area (Å²) >= 11 is 1.15. The maximum absolute atomic E-state index is 12.8. The van der Waals surface area contributed by atoms with Crippen molar-refractivity contribution in [2.75, 3.05) is 46.1 Å². The number of hydrogen-bond acceptors (Lipinski definition) is 8. The molecule has 1 aromatic heterocycles. The Balaban J connectivity index is 1.08. The third-order valence-corrected chi connectivity index (χ3v) is 6.07. The summed E-state index contributed by atoms with van der Waals surface area (Å²) in [5.74, 6) is 1.13. The summed E-state index contributed by atoms with van der Waals surface area (Å²) in [4.78, 5) is 29.3. The van der Waals surface area contributed by atoms with Crippen molar-refractivity contribution in [1.29, 1.82) is 0 Å². The van der Waals surface area contributed by atoms with E-state index in [0.29, 0.717) is 42.3 Å². The Bertz CT molecular complexity index is 1130. The molecule has 3 aromatic rings. The Morgan fingerprint density at radius 2 is 1.71 bits per heavy atom. The summed E-state index contributed by atoms with van der Waals surface area (Å²) in [6, 6.07) is 10.6. The van der Waals surface area contributed by atoms with Crippen molar-refractivity contribution in [2.45, 2.75) is 0 Å². The Labute approximate surface area is 182 Å². The minimum atomic E-state index is -0.140. The highest BCUT2D eigenvalue weighted by atomic mass is 32.1. The number of carbonyl (C=O) groups is 2. The summed E-state index contributed by atoms with van der Waals surface area (Å²) in [5.41, 5.74) is 2.76. The van der Waals surface area contributed by atoms with Crippen LogP contribution in [-0.2, 0) is 0 Å². The molecule has 31 heavy (non-hydrogen) atoms. The van der Waals surface area contributed by atoms with E-state index in [4.69, 9.17) is 9.47 Å². The first kappa shape index (κ1) is 19.7. The lowest BCUT2D eigenvalue weighted by molar-refractivity contribution is 0.0638. The van der Waals surface area contributed by atoms with Crippen LogP contribution in [0, 0.1) is 0 Å². The van der Waals surface area contributed by atoms with Crippen molar-refractivity contribution in [3.05, 3.63) is 47.5 Å². The van der Waals surface area contributed by atoms with Gasteiger partial charge in [-0.2, -0.15) is 8.75 Å². The van der Waals surface area contributed by atoms with Crippen LogP contribution >= 0.6 is 11.7 Å². The average molecular weight is 439 g/mol. The van der Waals surface area contributed by atoms with Crippen LogP contribution < -0.4 is 14.8 Å². The van der Waals surface area contributed by atoms with E-state index in [1.165, 1.54) is 0 Å². The van der Waals surface area contributed by atoms with E-state index in [1.807, 2.05) is 17.0 Å². The van der Waals surface area contributed by atoms with Crippen LogP contribution in [0.5, 0.6) is 11.5 Å². The first-order valence-electron chi connectivity index (χ1n) is 10.1. The molecule has 0 aliphatic carbocycles. The van der Waals surface area contributed by atoms with Crippen molar-refractivity contribution >= 4 is 34.6 Å². The lowest BCUT2D eigenvalue weighted by Crippen LogP contribution is -2.50. The quantitative estimate of drug-likeness (QED) is 0.645. The largest absolute Gasteiger partial charge is 0.454 e. The summed E-state index contributed by atoms with van der Waals surface area (Å²) in [7, 11) is 0. The lowest BCUT2D eigenvalue weighted by Gasteiger charge is -2.34. The zero-order valence-electron chi connectivity index (χ0n) is 16.7. The highest BCUT2D eigenvalue weighted by Gasteiger charge is 2.23. The Morgan fingerprint density at radius 3 is 2.58 bits per heavy atom. The van der Waals surface area contributed by atoms with Gasteiger partial charge in [-0.25, -0.2) is 0 Å². The summed E-state index contributed by atoms with van der Waals surface area (Å²) in [6.45, 7) is 4.30. The Morgan fingerprint density at radius 1 is 0.935 bits per heavy atom. The third kappa shape index (κ3) is 4.17. The van der Waals surface area contributed by atoms with E-state index < -0.39 is 0 Å². The van der Waals surface area contributed by atoms with Gasteiger partial charge in [0.15, 0.2) is 11.5 Å². The zero-order valence-corrected chi connectivity index (χ0v) is 17.6. The number of hydrogen-bond donors (Lipinski definition) is 1. The van der Waals surface area contributed by atoms with Gasteiger partial charge in [0.2, 0.25) is 6.79 Å². The minimum Gasteiger partial charge on any atom is -0.454 e. The van der Waals surface area contributed by atoms with Crippen LogP contribution in [0.25, 0.3) is 11.0 Å². The van der Waals surface area contributed by atoms with Crippen molar-refractivity contribution in [2.24, 2.45) is 0 Å². The van der Waals surface area contributed by atoms with E-state index in [2.05, 4.69) is 19.0 Å². The predicted molar refractivity (Wildman–Crippen MR) is 115 cm³/mol. The highest BCUT2D eigenvalue weighted by Crippen LogP contribution is 2.32. The number of aromatic nitrogens is 2. The number of ether oxygens (including phenoxy) is 2. The van der Waals surface area contributed by atoms with Crippen LogP contribution in [0.15, 0.2) is 36.4 Å². The molecule has 2 aliphatic heterocycles.